The molecular weight excluding hydrogens is 284 g/mol. The maximum absolute atomic E-state index is 12.0. The molecule has 0 aromatic carbocycles. The Bertz CT molecular complexity index is 648. The molecule has 0 aliphatic carbocycles. The van der Waals surface area contributed by atoms with Crippen molar-refractivity contribution < 1.29 is 13.5 Å². The summed E-state index contributed by atoms with van der Waals surface area (Å²) in [5.74, 6) is 0. The number of rotatable bonds is 5. The van der Waals surface area contributed by atoms with E-state index in [1.54, 1.807) is 0 Å². The number of aliphatic hydroxyl groups is 1. The Morgan fingerprint density at radius 3 is 2.68 bits per heavy atom. The van der Waals surface area contributed by atoms with Crippen LogP contribution in [-0.2, 0) is 23.2 Å². The van der Waals surface area contributed by atoms with Crippen LogP contribution in [0.1, 0.15) is 16.7 Å². The first kappa shape index (κ1) is 14.1. The summed E-state index contributed by atoms with van der Waals surface area (Å²) in [5.41, 5.74) is 2.60. The molecule has 5 nitrogen and oxygen atoms in total. The monoisotopic (exact) mass is 298 g/mol. The van der Waals surface area contributed by atoms with Crippen LogP contribution in [0, 0.1) is 6.92 Å². The van der Waals surface area contributed by atoms with E-state index in [4.69, 9.17) is 5.11 Å². The van der Waals surface area contributed by atoms with Gasteiger partial charge in [0.15, 0.2) is 5.03 Å². The molecule has 2 aromatic rings. The Balaban J connectivity index is 2.11. The summed E-state index contributed by atoms with van der Waals surface area (Å²) < 4.78 is 26.5. The summed E-state index contributed by atoms with van der Waals surface area (Å²) in [6.45, 7) is 2.03. The molecule has 0 unspecified atom stereocenters. The normalized spacial score (nSPS) is 11.7. The molecule has 102 valence electrons. The third-order valence-electron chi connectivity index (χ3n) is 2.67. The number of aromatic nitrogens is 1. The average molecular weight is 298 g/mol. The van der Waals surface area contributed by atoms with Gasteiger partial charge in [0.1, 0.15) is 0 Å². The van der Waals surface area contributed by atoms with E-state index in [2.05, 4.69) is 9.71 Å². The van der Waals surface area contributed by atoms with Crippen LogP contribution in [0.3, 0.4) is 0 Å². The van der Waals surface area contributed by atoms with Gasteiger partial charge in [-0.25, -0.2) is 18.1 Å². The maximum atomic E-state index is 12.0. The predicted molar refractivity (Wildman–Crippen MR) is 73.2 cm³/mol. The lowest BCUT2D eigenvalue weighted by molar-refractivity contribution is 0.281. The third kappa shape index (κ3) is 3.38. The summed E-state index contributed by atoms with van der Waals surface area (Å²) in [7, 11) is -3.62. The van der Waals surface area contributed by atoms with E-state index in [1.807, 2.05) is 17.7 Å². The fourth-order valence-electron chi connectivity index (χ4n) is 1.48. The first-order chi connectivity index (χ1) is 9.03. The van der Waals surface area contributed by atoms with Crippen molar-refractivity contribution in [1.82, 2.24) is 9.71 Å². The standard InChI is InChI=1S/C12H14N2O3S2/c1-9-7-18-8-11(9)5-14-19(16,17)12-3-2-10(6-15)4-13-12/h2-4,7-8,14-15H,5-6H2,1H3. The first-order valence-electron chi connectivity index (χ1n) is 5.60. The Morgan fingerprint density at radius 2 is 2.16 bits per heavy atom. The number of aryl methyl sites for hydroxylation is 1. The second-order valence-electron chi connectivity index (χ2n) is 4.07. The number of nitrogens with one attached hydrogen (secondary N) is 1. The minimum absolute atomic E-state index is 0.0439. The zero-order valence-electron chi connectivity index (χ0n) is 10.3. The molecule has 2 heterocycles. The summed E-state index contributed by atoms with van der Waals surface area (Å²) in [5, 5.41) is 12.7. The fraction of sp³-hybridized carbons (Fsp3) is 0.250. The quantitative estimate of drug-likeness (QED) is 0.875. The van der Waals surface area contributed by atoms with Crippen molar-refractivity contribution in [2.75, 3.05) is 0 Å². The van der Waals surface area contributed by atoms with E-state index >= 15 is 0 Å². The SMILES string of the molecule is Cc1cscc1CNS(=O)(=O)c1ccc(CO)cn1. The molecule has 0 fully saturated rings. The van der Waals surface area contributed by atoms with Gasteiger partial charge in [0.05, 0.1) is 6.61 Å². The Morgan fingerprint density at radius 1 is 1.37 bits per heavy atom. The highest BCUT2D eigenvalue weighted by molar-refractivity contribution is 7.89. The van der Waals surface area contributed by atoms with Crippen LogP contribution in [0.2, 0.25) is 0 Å². The topological polar surface area (TPSA) is 79.3 Å². The number of aliphatic hydroxyl groups excluding tert-OH is 1. The van der Waals surface area contributed by atoms with Crippen molar-refractivity contribution in [1.29, 1.82) is 0 Å². The predicted octanol–water partition coefficient (Wildman–Crippen LogP) is 1.42. The molecule has 7 heteroatoms. The van der Waals surface area contributed by atoms with Crippen molar-refractivity contribution in [3.63, 3.8) is 0 Å². The number of hydrogen-bond acceptors (Lipinski definition) is 5. The van der Waals surface area contributed by atoms with Crippen molar-refractivity contribution in [2.24, 2.45) is 0 Å². The maximum Gasteiger partial charge on any atom is 0.258 e. The smallest absolute Gasteiger partial charge is 0.258 e. The molecule has 19 heavy (non-hydrogen) atoms. The molecule has 0 aliphatic heterocycles. The van der Waals surface area contributed by atoms with Gasteiger partial charge in [-0.3, -0.25) is 0 Å². The van der Waals surface area contributed by atoms with E-state index < -0.39 is 10.0 Å². The fourth-order valence-corrected chi connectivity index (χ4v) is 3.27. The van der Waals surface area contributed by atoms with E-state index in [1.165, 1.54) is 29.7 Å². The van der Waals surface area contributed by atoms with Crippen LogP contribution in [0.4, 0.5) is 0 Å². The lowest BCUT2D eigenvalue weighted by Gasteiger charge is -2.06. The van der Waals surface area contributed by atoms with Gasteiger partial charge in [0, 0.05) is 12.7 Å². The van der Waals surface area contributed by atoms with Crippen molar-refractivity contribution in [2.45, 2.75) is 25.1 Å². The summed E-state index contributed by atoms with van der Waals surface area (Å²) >= 11 is 1.54. The number of pyridine rings is 1. The molecule has 0 bridgehead atoms. The molecule has 0 spiro atoms. The van der Waals surface area contributed by atoms with Crippen molar-refractivity contribution in [3.8, 4) is 0 Å². The molecule has 0 radical (unpaired) electrons. The van der Waals surface area contributed by atoms with Crippen molar-refractivity contribution >= 4 is 21.4 Å². The Kier molecular flexibility index (Phi) is 4.31. The molecule has 0 saturated carbocycles. The highest BCUT2D eigenvalue weighted by atomic mass is 32.2. The van der Waals surface area contributed by atoms with E-state index in [9.17, 15) is 8.42 Å². The number of sulfonamides is 1. The number of hydrogen-bond donors (Lipinski definition) is 2. The average Bonchev–Trinajstić information content (AvgIpc) is 2.82. The molecule has 0 aliphatic rings. The molecule has 0 atom stereocenters. The Hall–Kier alpha value is -1.28. The second-order valence-corrected chi connectivity index (χ2v) is 6.52. The van der Waals surface area contributed by atoms with Gasteiger partial charge in [-0.2, -0.15) is 11.3 Å². The molecule has 0 saturated heterocycles. The zero-order valence-corrected chi connectivity index (χ0v) is 12.0. The van der Waals surface area contributed by atoms with Crippen LogP contribution >= 0.6 is 11.3 Å². The van der Waals surface area contributed by atoms with Gasteiger partial charge in [-0.1, -0.05) is 6.07 Å². The van der Waals surface area contributed by atoms with Crippen LogP contribution < -0.4 is 4.72 Å². The number of nitrogens with zero attached hydrogens (tertiary/aromatic N) is 1. The summed E-state index contributed by atoms with van der Waals surface area (Å²) in [4.78, 5) is 3.84. The summed E-state index contributed by atoms with van der Waals surface area (Å²) in [6, 6.07) is 2.92. The minimum atomic E-state index is -3.62. The zero-order chi connectivity index (χ0) is 13.9. The lowest BCUT2D eigenvalue weighted by Crippen LogP contribution is -2.24. The largest absolute Gasteiger partial charge is 0.392 e. The van der Waals surface area contributed by atoms with Gasteiger partial charge in [0.2, 0.25) is 0 Å². The van der Waals surface area contributed by atoms with Gasteiger partial charge in [0.25, 0.3) is 10.0 Å². The highest BCUT2D eigenvalue weighted by Gasteiger charge is 2.15. The molecule has 0 amide bonds. The highest BCUT2D eigenvalue weighted by Crippen LogP contribution is 2.14. The van der Waals surface area contributed by atoms with Crippen LogP contribution in [0.15, 0.2) is 34.1 Å². The molecule has 2 rings (SSSR count). The van der Waals surface area contributed by atoms with Gasteiger partial charge in [-0.05, 0) is 40.4 Å². The van der Waals surface area contributed by atoms with E-state index in [0.717, 1.165) is 11.1 Å². The Labute approximate surface area is 116 Å². The van der Waals surface area contributed by atoms with E-state index in [-0.39, 0.29) is 18.2 Å². The first-order valence-corrected chi connectivity index (χ1v) is 8.02. The second kappa shape index (κ2) is 5.79. The number of thiophene rings is 1. The van der Waals surface area contributed by atoms with Gasteiger partial charge < -0.3 is 5.11 Å². The lowest BCUT2D eigenvalue weighted by atomic mass is 10.2. The van der Waals surface area contributed by atoms with Crippen LogP contribution in [0.25, 0.3) is 0 Å². The van der Waals surface area contributed by atoms with Crippen LogP contribution in [-0.4, -0.2) is 18.5 Å². The molecule has 2 aromatic heterocycles. The minimum Gasteiger partial charge on any atom is -0.392 e. The van der Waals surface area contributed by atoms with E-state index in [0.29, 0.717) is 5.56 Å². The van der Waals surface area contributed by atoms with Crippen LogP contribution in [0.5, 0.6) is 0 Å². The molecule has 2 N–H and O–H groups in total. The summed E-state index contributed by atoms with van der Waals surface area (Å²) in [6.07, 6.45) is 1.35. The van der Waals surface area contributed by atoms with Gasteiger partial charge >= 0.3 is 0 Å². The molecular formula is C12H14N2O3S2. The van der Waals surface area contributed by atoms with Crippen molar-refractivity contribution in [3.05, 3.63) is 45.8 Å². The third-order valence-corrected chi connectivity index (χ3v) is 4.90. The van der Waals surface area contributed by atoms with Gasteiger partial charge in [-0.15, -0.1) is 0 Å².